The minimum Gasteiger partial charge on any atom is -0.435 e. The van der Waals surface area contributed by atoms with Crippen LogP contribution in [0.25, 0.3) is 0 Å². The van der Waals surface area contributed by atoms with Crippen LogP contribution in [0.1, 0.15) is 53.4 Å². The molecule has 1 saturated carbocycles. The van der Waals surface area contributed by atoms with Crippen molar-refractivity contribution in [2.45, 2.75) is 99.7 Å². The summed E-state index contributed by atoms with van der Waals surface area (Å²) in [4.78, 5) is 12.9. The van der Waals surface area contributed by atoms with Gasteiger partial charge in [0.15, 0.2) is 8.32 Å². The summed E-state index contributed by atoms with van der Waals surface area (Å²) in [5.41, 5.74) is -0.345. The molecule has 156 valence electrons. The fourth-order valence-corrected chi connectivity index (χ4v) is 6.55. The summed E-state index contributed by atoms with van der Waals surface area (Å²) in [6.07, 6.45) is 3.48. The van der Waals surface area contributed by atoms with Gasteiger partial charge in [-0.15, -0.1) is 11.8 Å². The van der Waals surface area contributed by atoms with Crippen LogP contribution in [0.2, 0.25) is 18.1 Å². The van der Waals surface area contributed by atoms with Crippen molar-refractivity contribution >= 4 is 26.0 Å². The molecule has 1 aliphatic heterocycles. The van der Waals surface area contributed by atoms with Crippen LogP contribution in [0.5, 0.6) is 0 Å². The second kappa shape index (κ2) is 8.13. The van der Waals surface area contributed by atoms with Crippen molar-refractivity contribution in [1.29, 1.82) is 0 Å². The van der Waals surface area contributed by atoms with Gasteiger partial charge in [0, 0.05) is 11.8 Å². The highest BCUT2D eigenvalue weighted by Crippen LogP contribution is 2.51. The molecule has 4 nitrogen and oxygen atoms in total. The van der Waals surface area contributed by atoms with Gasteiger partial charge in [-0.25, -0.2) is 0 Å². The van der Waals surface area contributed by atoms with E-state index >= 15 is 0 Å². The maximum absolute atomic E-state index is 11.7. The molecule has 0 aromatic heterocycles. The van der Waals surface area contributed by atoms with Crippen LogP contribution in [0.3, 0.4) is 0 Å². The first-order chi connectivity index (χ1) is 13.0. The summed E-state index contributed by atoms with van der Waals surface area (Å²) in [6.45, 7) is 12.9. The van der Waals surface area contributed by atoms with Crippen molar-refractivity contribution in [1.82, 2.24) is 0 Å². The van der Waals surface area contributed by atoms with E-state index in [2.05, 4.69) is 46.0 Å². The van der Waals surface area contributed by atoms with Gasteiger partial charge in [-0.1, -0.05) is 39.0 Å². The van der Waals surface area contributed by atoms with Gasteiger partial charge in [0.2, 0.25) is 6.29 Å². The van der Waals surface area contributed by atoms with E-state index in [1.807, 2.05) is 18.2 Å². The molecule has 0 bridgehead atoms. The highest BCUT2D eigenvalue weighted by atomic mass is 32.2. The number of carbonyl (C=O) groups excluding carboxylic acids is 1. The molecule has 3 rings (SSSR count). The standard InChI is InChI=1S/C22H34O4SSi/c1-16(23)24-20-18(27-17-11-8-7-9-12-17)15-22(25-20)14-10-13-19(22)26-28(5,6)21(2,3)4/h7-9,11-12,18-20H,10,13-15H2,1-6H3/t18-,19+,20?,22+/m1/s1. The van der Waals surface area contributed by atoms with E-state index in [-0.39, 0.29) is 28.0 Å². The van der Waals surface area contributed by atoms with Gasteiger partial charge < -0.3 is 13.9 Å². The minimum atomic E-state index is -1.91. The molecule has 2 aliphatic rings. The molecule has 6 heteroatoms. The van der Waals surface area contributed by atoms with Gasteiger partial charge in [0.25, 0.3) is 0 Å². The van der Waals surface area contributed by atoms with Crippen molar-refractivity contribution in [3.05, 3.63) is 30.3 Å². The third kappa shape index (κ3) is 4.66. The van der Waals surface area contributed by atoms with Crippen LogP contribution in [-0.4, -0.2) is 37.5 Å². The molecule has 4 atom stereocenters. The van der Waals surface area contributed by atoms with E-state index in [1.54, 1.807) is 11.8 Å². The molecular weight excluding hydrogens is 388 g/mol. The van der Waals surface area contributed by atoms with Gasteiger partial charge in [-0.2, -0.15) is 0 Å². The van der Waals surface area contributed by atoms with Crippen LogP contribution < -0.4 is 0 Å². The monoisotopic (exact) mass is 422 g/mol. The SMILES string of the molecule is CC(=O)OC1O[C@@]2(CCC[C@@H]2O[Si](C)(C)C(C)(C)C)C[C@H]1Sc1ccccc1. The first-order valence-electron chi connectivity index (χ1n) is 10.3. The smallest absolute Gasteiger partial charge is 0.304 e. The van der Waals surface area contributed by atoms with Crippen molar-refractivity contribution in [2.75, 3.05) is 0 Å². The largest absolute Gasteiger partial charge is 0.435 e. The van der Waals surface area contributed by atoms with Crippen LogP contribution in [0.4, 0.5) is 0 Å². The number of benzene rings is 1. The van der Waals surface area contributed by atoms with E-state index < -0.39 is 14.6 Å². The summed E-state index contributed by atoms with van der Waals surface area (Å²) in [7, 11) is -1.91. The molecule has 1 aromatic rings. The van der Waals surface area contributed by atoms with E-state index in [1.165, 1.54) is 11.8 Å². The average Bonchev–Trinajstić information content (AvgIpc) is 3.11. The van der Waals surface area contributed by atoms with Gasteiger partial charge in [0.05, 0.1) is 17.0 Å². The summed E-state index contributed by atoms with van der Waals surface area (Å²) in [5, 5.41) is 0.234. The zero-order valence-electron chi connectivity index (χ0n) is 18.0. The Labute approximate surface area is 174 Å². The fraction of sp³-hybridized carbons (Fsp3) is 0.682. The summed E-state index contributed by atoms with van der Waals surface area (Å²) in [5.74, 6) is -0.291. The molecular formula is C22H34O4SSi. The Balaban J connectivity index is 1.81. The lowest BCUT2D eigenvalue weighted by molar-refractivity contribution is -0.195. The Bertz CT molecular complexity index is 688. The number of carbonyl (C=O) groups is 1. The first kappa shape index (κ1) is 21.9. The zero-order valence-corrected chi connectivity index (χ0v) is 19.8. The van der Waals surface area contributed by atoms with E-state index in [4.69, 9.17) is 13.9 Å². The lowest BCUT2D eigenvalue weighted by atomic mass is 9.96. The Morgan fingerprint density at radius 2 is 1.93 bits per heavy atom. The predicted octanol–water partition coefficient (Wildman–Crippen LogP) is 5.77. The Kier molecular flexibility index (Phi) is 6.35. The third-order valence-electron chi connectivity index (χ3n) is 6.41. The van der Waals surface area contributed by atoms with Crippen molar-refractivity contribution in [2.24, 2.45) is 0 Å². The number of esters is 1. The summed E-state index contributed by atoms with van der Waals surface area (Å²) < 4.78 is 18.9. The molecule has 28 heavy (non-hydrogen) atoms. The quantitative estimate of drug-likeness (QED) is 0.445. The van der Waals surface area contributed by atoms with Crippen molar-refractivity contribution < 1.29 is 18.7 Å². The molecule has 0 N–H and O–H groups in total. The normalized spacial score (nSPS) is 30.7. The Morgan fingerprint density at radius 3 is 2.54 bits per heavy atom. The summed E-state index contributed by atoms with van der Waals surface area (Å²) >= 11 is 1.74. The molecule has 0 radical (unpaired) electrons. The molecule has 2 fully saturated rings. The van der Waals surface area contributed by atoms with E-state index in [9.17, 15) is 4.79 Å². The van der Waals surface area contributed by atoms with E-state index in [0.29, 0.717) is 0 Å². The molecule has 1 aliphatic carbocycles. The highest BCUT2D eigenvalue weighted by Gasteiger charge is 2.57. The van der Waals surface area contributed by atoms with Crippen molar-refractivity contribution in [3.8, 4) is 0 Å². The van der Waals surface area contributed by atoms with Crippen LogP contribution in [-0.2, 0) is 18.7 Å². The second-order valence-electron chi connectivity index (χ2n) is 9.59. The summed E-state index contributed by atoms with van der Waals surface area (Å²) in [6, 6.07) is 10.3. The predicted molar refractivity (Wildman–Crippen MR) is 116 cm³/mol. The lowest BCUT2D eigenvalue weighted by Crippen LogP contribution is -2.50. The molecule has 1 saturated heterocycles. The first-order valence-corrected chi connectivity index (χ1v) is 14.1. The number of thioether (sulfide) groups is 1. The molecule has 0 amide bonds. The molecule has 1 heterocycles. The van der Waals surface area contributed by atoms with Crippen LogP contribution >= 0.6 is 11.8 Å². The van der Waals surface area contributed by atoms with Gasteiger partial charge in [0.1, 0.15) is 0 Å². The second-order valence-corrected chi connectivity index (χ2v) is 15.7. The van der Waals surface area contributed by atoms with Gasteiger partial charge in [-0.3, -0.25) is 4.79 Å². The number of hydrogen-bond donors (Lipinski definition) is 0. The molecule has 1 unspecified atom stereocenters. The number of rotatable bonds is 5. The van der Waals surface area contributed by atoms with E-state index in [0.717, 1.165) is 25.7 Å². The fourth-order valence-electron chi connectivity index (χ4n) is 3.90. The van der Waals surface area contributed by atoms with Crippen LogP contribution in [0, 0.1) is 0 Å². The average molecular weight is 423 g/mol. The number of ether oxygens (including phenoxy) is 2. The lowest BCUT2D eigenvalue weighted by Gasteiger charge is -2.42. The highest BCUT2D eigenvalue weighted by molar-refractivity contribution is 8.00. The van der Waals surface area contributed by atoms with Gasteiger partial charge >= 0.3 is 5.97 Å². The molecule has 1 spiro atoms. The van der Waals surface area contributed by atoms with Crippen molar-refractivity contribution in [3.63, 3.8) is 0 Å². The molecule has 1 aromatic carbocycles. The Hall–Kier alpha value is -0.823. The maximum atomic E-state index is 11.7. The third-order valence-corrected chi connectivity index (χ3v) is 12.1. The van der Waals surface area contributed by atoms with Gasteiger partial charge in [-0.05, 0) is 55.9 Å². The maximum Gasteiger partial charge on any atom is 0.304 e. The minimum absolute atomic E-state index is 0.0767. The zero-order chi connectivity index (χ0) is 20.6. The number of hydrogen-bond acceptors (Lipinski definition) is 5. The van der Waals surface area contributed by atoms with Crippen LogP contribution in [0.15, 0.2) is 35.2 Å². The topological polar surface area (TPSA) is 44.8 Å². The Morgan fingerprint density at radius 1 is 1.25 bits per heavy atom.